The molecule has 0 heterocycles. The Morgan fingerprint density at radius 1 is 0.909 bits per heavy atom. The second kappa shape index (κ2) is 8.86. The Balaban J connectivity index is 3.34. The maximum atomic E-state index is 2.32. The van der Waals surface area contributed by atoms with E-state index in [2.05, 4.69) is 20.8 Å². The predicted molar refractivity (Wildman–Crippen MR) is 54.4 cm³/mol. The Morgan fingerprint density at radius 3 is 1.82 bits per heavy atom. The summed E-state index contributed by atoms with van der Waals surface area (Å²) in [6.07, 6.45) is 7.26. The molecule has 0 aromatic rings. The van der Waals surface area contributed by atoms with E-state index in [0.29, 0.717) is 20.4 Å². The van der Waals surface area contributed by atoms with Crippen molar-refractivity contribution in [1.29, 1.82) is 0 Å². The molecule has 0 radical (unpaired) electrons. The van der Waals surface area contributed by atoms with E-state index >= 15 is 0 Å². The standard InChI is InChI=1S/C7H15.C3H7.Mg/c1-3-5-7-6-4-2;1-3-2;/h7H,3-6H2,1-2H3;1,3H2,2H3;. The summed E-state index contributed by atoms with van der Waals surface area (Å²) >= 11 is 0.303. The molecule has 0 saturated heterocycles. The molecular weight excluding hydrogens is 144 g/mol. The zero-order chi connectivity index (χ0) is 8.53. The van der Waals surface area contributed by atoms with E-state index in [9.17, 15) is 0 Å². The van der Waals surface area contributed by atoms with E-state index in [1.807, 2.05) is 0 Å². The van der Waals surface area contributed by atoms with Crippen LogP contribution in [-0.4, -0.2) is 20.4 Å². The topological polar surface area (TPSA) is 0 Å². The van der Waals surface area contributed by atoms with Gasteiger partial charge in [0.15, 0.2) is 0 Å². The van der Waals surface area contributed by atoms with Gasteiger partial charge in [0.1, 0.15) is 0 Å². The Bertz CT molecular complexity index is 65.3. The lowest BCUT2D eigenvalue weighted by Gasteiger charge is -2.12. The number of hydrogen-bond donors (Lipinski definition) is 0. The monoisotopic (exact) mass is 166 g/mol. The highest BCUT2D eigenvalue weighted by atomic mass is 24.5. The largest absolute Gasteiger partial charge is 0.368 e. The molecule has 0 aliphatic carbocycles. The van der Waals surface area contributed by atoms with E-state index in [0.717, 1.165) is 0 Å². The molecular formula is C10H22Mg. The van der Waals surface area contributed by atoms with E-state index in [-0.39, 0.29) is 0 Å². The van der Waals surface area contributed by atoms with Gasteiger partial charge in [-0.1, -0.05) is 52.9 Å². The summed E-state index contributed by atoms with van der Waals surface area (Å²) in [5.74, 6) is 0. The van der Waals surface area contributed by atoms with Crippen molar-refractivity contribution in [2.45, 2.75) is 61.5 Å². The van der Waals surface area contributed by atoms with Gasteiger partial charge in [-0.15, -0.1) is 8.60 Å². The summed E-state index contributed by atoms with van der Waals surface area (Å²) in [6, 6.07) is 0. The van der Waals surface area contributed by atoms with Crippen LogP contribution < -0.4 is 0 Å². The summed E-state index contributed by atoms with van der Waals surface area (Å²) in [5, 5.41) is 0. The van der Waals surface area contributed by atoms with Crippen LogP contribution in [-0.2, 0) is 0 Å². The van der Waals surface area contributed by atoms with Gasteiger partial charge in [-0.25, -0.2) is 0 Å². The predicted octanol–water partition coefficient (Wildman–Crippen LogP) is 3.91. The number of hydrogen-bond acceptors (Lipinski definition) is 0. The van der Waals surface area contributed by atoms with Gasteiger partial charge in [-0.05, 0) is 0 Å². The summed E-state index contributed by atoms with van der Waals surface area (Å²) in [4.78, 5) is 0. The lowest BCUT2D eigenvalue weighted by Crippen LogP contribution is -2.02. The highest BCUT2D eigenvalue weighted by Gasteiger charge is 2.08. The fourth-order valence-corrected chi connectivity index (χ4v) is 4.12. The lowest BCUT2D eigenvalue weighted by molar-refractivity contribution is 0.646. The first-order chi connectivity index (χ1) is 5.35. The molecule has 0 aliphatic rings. The minimum atomic E-state index is 0.303. The summed E-state index contributed by atoms with van der Waals surface area (Å²) in [6.45, 7) is 6.97. The fourth-order valence-electron chi connectivity index (χ4n) is 1.74. The third kappa shape index (κ3) is 7.14. The molecule has 0 amide bonds. The van der Waals surface area contributed by atoms with Gasteiger partial charge in [0, 0.05) is 0 Å². The molecule has 0 atom stereocenters. The molecule has 0 unspecified atom stereocenters. The van der Waals surface area contributed by atoms with Crippen molar-refractivity contribution in [3.05, 3.63) is 0 Å². The fraction of sp³-hybridized carbons (Fsp3) is 1.00. The molecule has 1 heteroatoms. The first kappa shape index (κ1) is 11.8. The number of rotatable bonds is 7. The van der Waals surface area contributed by atoms with E-state index in [4.69, 9.17) is 0 Å². The lowest BCUT2D eigenvalue weighted by atomic mass is 10.1. The molecule has 0 fully saturated rings. The summed E-state index contributed by atoms with van der Waals surface area (Å²) in [5.41, 5.74) is 0. The van der Waals surface area contributed by atoms with Crippen LogP contribution in [0.4, 0.5) is 0 Å². The molecule has 0 rings (SSSR count). The molecule has 0 bridgehead atoms. The van der Waals surface area contributed by atoms with Crippen molar-refractivity contribution < 1.29 is 0 Å². The quantitative estimate of drug-likeness (QED) is 0.503. The van der Waals surface area contributed by atoms with Crippen LogP contribution in [0.15, 0.2) is 0 Å². The van der Waals surface area contributed by atoms with Gasteiger partial charge < -0.3 is 0 Å². The van der Waals surface area contributed by atoms with Gasteiger partial charge in [0.25, 0.3) is 0 Å². The maximum absolute atomic E-state index is 2.32. The summed E-state index contributed by atoms with van der Waals surface area (Å²) < 4.78 is 2.75. The normalized spacial score (nSPS) is 10.2. The third-order valence-electron chi connectivity index (χ3n) is 2.36. The van der Waals surface area contributed by atoms with E-state index in [1.54, 1.807) is 4.55 Å². The Kier molecular flexibility index (Phi) is 9.48. The van der Waals surface area contributed by atoms with Gasteiger partial charge in [-0.2, -0.15) is 0 Å². The van der Waals surface area contributed by atoms with Gasteiger partial charge in [-0.3, -0.25) is 0 Å². The zero-order valence-electron chi connectivity index (χ0n) is 8.53. The van der Waals surface area contributed by atoms with Gasteiger partial charge in [0.05, 0.1) is 0 Å². The van der Waals surface area contributed by atoms with Crippen molar-refractivity contribution in [1.82, 2.24) is 0 Å². The SMILES string of the molecule is CC[CH2][Mg][CH](CCC)CCC. The van der Waals surface area contributed by atoms with Crippen LogP contribution in [0.25, 0.3) is 0 Å². The van der Waals surface area contributed by atoms with Gasteiger partial charge >= 0.3 is 20.4 Å². The molecule has 0 spiro atoms. The molecule has 0 aromatic carbocycles. The minimum Gasteiger partial charge on any atom is -0.146 e. The van der Waals surface area contributed by atoms with Crippen LogP contribution in [0, 0.1) is 0 Å². The van der Waals surface area contributed by atoms with Crippen LogP contribution in [0.1, 0.15) is 52.9 Å². The molecule has 64 valence electrons. The van der Waals surface area contributed by atoms with Crippen LogP contribution >= 0.6 is 0 Å². The van der Waals surface area contributed by atoms with Crippen molar-refractivity contribution in [2.75, 3.05) is 0 Å². The summed E-state index contributed by atoms with van der Waals surface area (Å²) in [7, 11) is 0. The Labute approximate surface area is 81.9 Å². The second-order valence-corrected chi connectivity index (χ2v) is 6.02. The average Bonchev–Trinajstić information content (AvgIpc) is 2.01. The molecule has 0 aromatic heterocycles. The first-order valence-electron chi connectivity index (χ1n) is 5.35. The minimum absolute atomic E-state index is 0.303. The average molecular weight is 167 g/mol. The van der Waals surface area contributed by atoms with E-state index in [1.165, 1.54) is 36.2 Å². The zero-order valence-corrected chi connectivity index (χ0v) is 9.94. The second-order valence-electron chi connectivity index (χ2n) is 3.59. The molecule has 0 N–H and O–H groups in total. The third-order valence-corrected chi connectivity index (χ3v) is 5.11. The van der Waals surface area contributed by atoms with Gasteiger partial charge in [0.2, 0.25) is 0 Å². The maximum Gasteiger partial charge on any atom is 0.368 e. The molecule has 0 aliphatic heterocycles. The molecule has 11 heavy (non-hydrogen) atoms. The van der Waals surface area contributed by atoms with Crippen molar-refractivity contribution in [3.8, 4) is 0 Å². The molecule has 0 saturated carbocycles. The van der Waals surface area contributed by atoms with Crippen molar-refractivity contribution >= 4 is 20.4 Å². The smallest absolute Gasteiger partial charge is 0.146 e. The van der Waals surface area contributed by atoms with Crippen LogP contribution in [0.3, 0.4) is 0 Å². The van der Waals surface area contributed by atoms with E-state index < -0.39 is 0 Å². The molecule has 0 nitrogen and oxygen atoms in total. The Morgan fingerprint density at radius 2 is 1.45 bits per heavy atom. The van der Waals surface area contributed by atoms with Crippen LogP contribution in [0.2, 0.25) is 8.60 Å². The van der Waals surface area contributed by atoms with Crippen LogP contribution in [0.5, 0.6) is 0 Å². The van der Waals surface area contributed by atoms with Crippen molar-refractivity contribution in [2.24, 2.45) is 0 Å². The Hall–Kier alpha value is 0.766. The van der Waals surface area contributed by atoms with Crippen molar-refractivity contribution in [3.63, 3.8) is 0 Å². The first-order valence-corrected chi connectivity index (χ1v) is 7.16. The highest BCUT2D eigenvalue weighted by Crippen LogP contribution is 2.20. The highest BCUT2D eigenvalue weighted by molar-refractivity contribution is 6.37.